The summed E-state index contributed by atoms with van der Waals surface area (Å²) in [5.41, 5.74) is -2.44. The number of halogens is 3. The Hall–Kier alpha value is -3.94. The third-order valence-electron chi connectivity index (χ3n) is 6.67. The first-order valence-electron chi connectivity index (χ1n) is 10.4. The fourth-order valence-electron chi connectivity index (χ4n) is 4.99. The third-order valence-corrected chi connectivity index (χ3v) is 6.67. The molecule has 0 bridgehead atoms. The van der Waals surface area contributed by atoms with Crippen molar-refractivity contribution in [1.82, 2.24) is 24.6 Å². The second-order valence-corrected chi connectivity index (χ2v) is 8.22. The number of ether oxygens (including phenoxy) is 2. The maximum Gasteiger partial charge on any atom is 0.400 e. The molecule has 3 aromatic rings. The van der Waals surface area contributed by atoms with E-state index in [2.05, 4.69) is 20.1 Å². The standard InChI is InChI=1S/C23H19F3N6O2/c1-33-19-15(13-29-20(30-19)34-2)17-11-16(18-28-9-10-32(18)31-17)21(7-8-21)22(23(24,25)26)6-4-3-5-14(22)12-27/h3-6,9-11,13-14H,7-8H2,1-2H3/t14?,22-/m0/s1. The van der Waals surface area contributed by atoms with Crippen LogP contribution in [0.4, 0.5) is 13.2 Å². The maximum atomic E-state index is 14.9. The highest BCUT2D eigenvalue weighted by Gasteiger charge is 2.74. The molecule has 3 heterocycles. The smallest absolute Gasteiger partial charge is 0.400 e. The van der Waals surface area contributed by atoms with Crippen molar-refractivity contribution in [2.75, 3.05) is 14.2 Å². The van der Waals surface area contributed by atoms with Gasteiger partial charge in [-0.15, -0.1) is 0 Å². The van der Waals surface area contributed by atoms with Gasteiger partial charge in [-0.25, -0.2) is 14.5 Å². The molecule has 0 aliphatic heterocycles. The van der Waals surface area contributed by atoms with Crippen molar-refractivity contribution in [3.63, 3.8) is 0 Å². The molecule has 0 saturated heterocycles. The number of hydrogen-bond acceptors (Lipinski definition) is 7. The lowest BCUT2D eigenvalue weighted by molar-refractivity contribution is -0.226. The van der Waals surface area contributed by atoms with Gasteiger partial charge in [-0.3, -0.25) is 0 Å². The Morgan fingerprint density at radius 2 is 1.97 bits per heavy atom. The quantitative estimate of drug-likeness (QED) is 0.557. The summed E-state index contributed by atoms with van der Waals surface area (Å²) in [6.07, 6.45) is 5.59. The topological polar surface area (TPSA) is 98.2 Å². The van der Waals surface area contributed by atoms with Gasteiger partial charge in [0.05, 0.1) is 37.5 Å². The first-order chi connectivity index (χ1) is 16.3. The van der Waals surface area contributed by atoms with Crippen LogP contribution in [0.5, 0.6) is 11.9 Å². The van der Waals surface area contributed by atoms with Crippen LogP contribution in [-0.2, 0) is 5.41 Å². The van der Waals surface area contributed by atoms with Crippen LogP contribution in [0, 0.1) is 22.7 Å². The normalized spacial score (nSPS) is 23.0. The molecule has 8 nitrogen and oxygen atoms in total. The van der Waals surface area contributed by atoms with E-state index in [1.165, 1.54) is 49.4 Å². The van der Waals surface area contributed by atoms with E-state index in [9.17, 15) is 18.4 Å². The molecule has 0 N–H and O–H groups in total. The summed E-state index contributed by atoms with van der Waals surface area (Å²) >= 11 is 0. The van der Waals surface area contributed by atoms with Gasteiger partial charge in [0.15, 0.2) is 5.65 Å². The molecule has 0 aromatic carbocycles. The number of fused-ring (bicyclic) bond motifs is 1. The molecule has 1 saturated carbocycles. The van der Waals surface area contributed by atoms with E-state index in [0.717, 1.165) is 6.08 Å². The van der Waals surface area contributed by atoms with Crippen molar-refractivity contribution in [2.24, 2.45) is 11.3 Å². The van der Waals surface area contributed by atoms with E-state index < -0.39 is 22.9 Å². The van der Waals surface area contributed by atoms with Crippen molar-refractivity contribution >= 4 is 5.65 Å². The number of methoxy groups -OCH3 is 2. The zero-order valence-electron chi connectivity index (χ0n) is 18.2. The van der Waals surface area contributed by atoms with Gasteiger partial charge in [0.2, 0.25) is 5.88 Å². The lowest BCUT2D eigenvalue weighted by atomic mass is 9.60. The molecule has 1 fully saturated rings. The first-order valence-corrected chi connectivity index (χ1v) is 10.4. The Morgan fingerprint density at radius 3 is 2.62 bits per heavy atom. The van der Waals surface area contributed by atoms with E-state index in [-0.39, 0.29) is 24.7 Å². The monoisotopic (exact) mass is 468 g/mol. The molecule has 174 valence electrons. The summed E-state index contributed by atoms with van der Waals surface area (Å²) in [6.45, 7) is 0. The SMILES string of the molecule is COc1ncc(-c2cc(C3([C@]4(C(F)(F)F)C=CC=CC4C#N)CC3)c3nccn3n2)c(OC)n1. The zero-order chi connectivity index (χ0) is 24.1. The van der Waals surface area contributed by atoms with Gasteiger partial charge >= 0.3 is 12.2 Å². The van der Waals surface area contributed by atoms with Crippen molar-refractivity contribution < 1.29 is 22.6 Å². The van der Waals surface area contributed by atoms with E-state index in [4.69, 9.17) is 9.47 Å². The predicted molar refractivity (Wildman–Crippen MR) is 114 cm³/mol. The Labute approximate surface area is 192 Å². The summed E-state index contributed by atoms with van der Waals surface area (Å²) in [5.74, 6) is -1.22. The van der Waals surface area contributed by atoms with Gasteiger partial charge in [-0.05, 0) is 18.9 Å². The average Bonchev–Trinajstić information content (AvgIpc) is 3.52. The minimum Gasteiger partial charge on any atom is -0.480 e. The number of aromatic nitrogens is 5. The summed E-state index contributed by atoms with van der Waals surface area (Å²) in [5, 5.41) is 14.3. The Bertz CT molecular complexity index is 1370. The van der Waals surface area contributed by atoms with Gasteiger partial charge in [-0.2, -0.15) is 28.5 Å². The van der Waals surface area contributed by atoms with Crippen molar-refractivity contribution in [3.8, 4) is 29.2 Å². The average molecular weight is 468 g/mol. The van der Waals surface area contributed by atoms with Crippen molar-refractivity contribution in [3.05, 3.63) is 54.5 Å². The molecule has 5 rings (SSSR count). The molecule has 0 radical (unpaired) electrons. The van der Waals surface area contributed by atoms with Crippen LogP contribution in [0.3, 0.4) is 0 Å². The molecule has 34 heavy (non-hydrogen) atoms. The second-order valence-electron chi connectivity index (χ2n) is 8.22. The Kier molecular flexibility index (Phi) is 4.86. The van der Waals surface area contributed by atoms with Crippen molar-refractivity contribution in [1.29, 1.82) is 5.26 Å². The number of alkyl halides is 3. The zero-order valence-corrected chi connectivity index (χ0v) is 18.2. The van der Waals surface area contributed by atoms with Crippen LogP contribution in [0.15, 0.2) is 49.0 Å². The van der Waals surface area contributed by atoms with Gasteiger partial charge in [0.25, 0.3) is 0 Å². The first kappa shape index (κ1) is 21.9. The highest BCUT2D eigenvalue weighted by Crippen LogP contribution is 2.70. The number of rotatable bonds is 5. The van der Waals surface area contributed by atoms with Crippen LogP contribution in [-0.4, -0.2) is 45.0 Å². The molecular formula is C23H19F3N6O2. The van der Waals surface area contributed by atoms with Crippen LogP contribution in [0.25, 0.3) is 16.9 Å². The lowest BCUT2D eigenvalue weighted by Crippen LogP contribution is -2.51. The molecule has 1 unspecified atom stereocenters. The van der Waals surface area contributed by atoms with Gasteiger partial charge in [0.1, 0.15) is 5.41 Å². The number of nitrogens with zero attached hydrogens (tertiary/aromatic N) is 6. The molecule has 0 amide bonds. The largest absolute Gasteiger partial charge is 0.480 e. The van der Waals surface area contributed by atoms with Gasteiger partial charge in [-0.1, -0.05) is 24.3 Å². The van der Waals surface area contributed by atoms with Gasteiger partial charge < -0.3 is 9.47 Å². The van der Waals surface area contributed by atoms with E-state index in [1.54, 1.807) is 12.3 Å². The molecule has 3 aromatic heterocycles. The summed E-state index contributed by atoms with van der Waals surface area (Å²) in [4.78, 5) is 12.6. The van der Waals surface area contributed by atoms with E-state index >= 15 is 0 Å². The third kappa shape index (κ3) is 2.91. The Balaban J connectivity index is 1.77. The van der Waals surface area contributed by atoms with Crippen LogP contribution in [0.1, 0.15) is 18.4 Å². The number of imidazole rings is 1. The summed E-state index contributed by atoms with van der Waals surface area (Å²) < 4.78 is 56.5. The molecule has 11 heteroatoms. The Morgan fingerprint density at radius 1 is 1.18 bits per heavy atom. The second kappa shape index (κ2) is 7.55. The predicted octanol–water partition coefficient (Wildman–Crippen LogP) is 4.05. The number of nitriles is 1. The minimum atomic E-state index is -4.68. The molecule has 2 aliphatic carbocycles. The fraction of sp³-hybridized carbons (Fsp3) is 0.348. The fourth-order valence-corrected chi connectivity index (χ4v) is 4.99. The van der Waals surface area contributed by atoms with Crippen LogP contribution < -0.4 is 9.47 Å². The van der Waals surface area contributed by atoms with E-state index in [1.807, 2.05) is 6.07 Å². The van der Waals surface area contributed by atoms with E-state index in [0.29, 0.717) is 22.5 Å². The van der Waals surface area contributed by atoms with Crippen LogP contribution in [0.2, 0.25) is 0 Å². The molecule has 2 aliphatic rings. The highest BCUT2D eigenvalue weighted by atomic mass is 19.4. The molecule has 2 atom stereocenters. The lowest BCUT2D eigenvalue weighted by Gasteiger charge is -2.44. The minimum absolute atomic E-state index is 0.0789. The summed E-state index contributed by atoms with van der Waals surface area (Å²) in [7, 11) is 2.83. The number of hydrogen-bond donors (Lipinski definition) is 0. The molecular weight excluding hydrogens is 449 g/mol. The maximum absolute atomic E-state index is 14.9. The number of allylic oxidation sites excluding steroid dienone is 4. The van der Waals surface area contributed by atoms with Crippen molar-refractivity contribution in [2.45, 2.75) is 24.4 Å². The highest BCUT2D eigenvalue weighted by molar-refractivity contribution is 5.69. The summed E-state index contributed by atoms with van der Waals surface area (Å²) in [6, 6.07) is 3.54. The molecule has 0 spiro atoms. The van der Waals surface area contributed by atoms with Gasteiger partial charge in [0, 0.05) is 29.6 Å². The van der Waals surface area contributed by atoms with Crippen LogP contribution >= 0.6 is 0 Å².